The predicted molar refractivity (Wildman–Crippen MR) is 171 cm³/mol. The third-order valence-corrected chi connectivity index (χ3v) is 7.42. The predicted octanol–water partition coefficient (Wildman–Crippen LogP) is 6.03. The number of hydrogen-bond acceptors (Lipinski definition) is 12. The van der Waals surface area contributed by atoms with Crippen LogP contribution in [-0.2, 0) is 10.0 Å². The summed E-state index contributed by atoms with van der Waals surface area (Å²) in [4.78, 5) is 45.4. The van der Waals surface area contributed by atoms with Gasteiger partial charge in [0, 0.05) is 50.4 Å². The summed E-state index contributed by atoms with van der Waals surface area (Å²) in [7, 11) is -4.31. The Morgan fingerprint density at radius 1 is 0.622 bits per heavy atom. The number of nitro groups is 4. The SMILES string of the molecule is CCCN(CCC)c1c([N+](=O)[O-])cc(C(C)C)cc1[N+](=O)[O-].CCCN(CCC)c1c([N+](=O)[O-])cc(S(N)(=O)=O)cc1[N+](=O)[O-]. The van der Waals surface area contributed by atoms with Crippen molar-refractivity contribution in [3.05, 3.63) is 70.3 Å². The topological polar surface area (TPSA) is 239 Å². The molecule has 0 amide bonds. The van der Waals surface area contributed by atoms with Crippen molar-refractivity contribution in [2.24, 2.45) is 5.14 Å². The minimum absolute atomic E-state index is 0.0164. The first-order valence-electron chi connectivity index (χ1n) is 14.4. The molecule has 0 aliphatic heterocycles. The second-order valence-corrected chi connectivity index (χ2v) is 12.0. The average molecular weight is 656 g/mol. The van der Waals surface area contributed by atoms with Crippen molar-refractivity contribution < 1.29 is 28.1 Å². The van der Waals surface area contributed by atoms with Gasteiger partial charge < -0.3 is 9.80 Å². The van der Waals surface area contributed by atoms with Crippen LogP contribution in [0.1, 0.15) is 78.7 Å². The minimum Gasteiger partial charge on any atom is -0.360 e. The third-order valence-electron chi connectivity index (χ3n) is 6.52. The van der Waals surface area contributed by atoms with E-state index >= 15 is 0 Å². The van der Waals surface area contributed by atoms with Crippen LogP contribution in [0.3, 0.4) is 0 Å². The van der Waals surface area contributed by atoms with E-state index in [1.807, 2.05) is 41.5 Å². The van der Waals surface area contributed by atoms with Gasteiger partial charge in [-0.25, -0.2) is 13.6 Å². The Hall–Kier alpha value is -4.45. The van der Waals surface area contributed by atoms with E-state index in [1.54, 1.807) is 4.90 Å². The van der Waals surface area contributed by atoms with Crippen molar-refractivity contribution in [1.29, 1.82) is 0 Å². The Bertz CT molecular complexity index is 1420. The van der Waals surface area contributed by atoms with Gasteiger partial charge in [0.05, 0.1) is 24.6 Å². The quantitative estimate of drug-likeness (QED) is 0.161. The smallest absolute Gasteiger partial charge is 0.301 e. The first-order valence-corrected chi connectivity index (χ1v) is 16.0. The summed E-state index contributed by atoms with van der Waals surface area (Å²) >= 11 is 0. The number of nitro benzene ring substituents is 4. The van der Waals surface area contributed by atoms with Gasteiger partial charge in [0.25, 0.3) is 11.4 Å². The van der Waals surface area contributed by atoms with Gasteiger partial charge in [-0.3, -0.25) is 40.5 Å². The van der Waals surface area contributed by atoms with E-state index in [9.17, 15) is 48.9 Å². The van der Waals surface area contributed by atoms with Gasteiger partial charge >= 0.3 is 11.4 Å². The molecule has 0 heterocycles. The van der Waals surface area contributed by atoms with Crippen molar-refractivity contribution >= 4 is 44.1 Å². The molecule has 0 aromatic heterocycles. The van der Waals surface area contributed by atoms with Gasteiger partial charge in [0.15, 0.2) is 11.4 Å². The monoisotopic (exact) mass is 655 g/mol. The van der Waals surface area contributed by atoms with Crippen molar-refractivity contribution in [3.8, 4) is 0 Å². The van der Waals surface area contributed by atoms with Crippen molar-refractivity contribution in [2.75, 3.05) is 36.0 Å². The summed E-state index contributed by atoms with van der Waals surface area (Å²) in [5, 5.41) is 50.5. The Morgan fingerprint density at radius 2 is 0.889 bits per heavy atom. The highest BCUT2D eigenvalue weighted by Crippen LogP contribution is 2.41. The Labute approximate surface area is 261 Å². The number of nitrogens with zero attached hydrogens (tertiary/aromatic N) is 6. The molecule has 17 nitrogen and oxygen atoms in total. The molecule has 2 aromatic rings. The second kappa shape index (κ2) is 17.1. The number of hydrogen-bond donors (Lipinski definition) is 1. The zero-order valence-corrected chi connectivity index (χ0v) is 27.1. The Morgan fingerprint density at radius 3 is 1.09 bits per heavy atom. The largest absolute Gasteiger partial charge is 0.360 e. The minimum atomic E-state index is -4.31. The van der Waals surface area contributed by atoms with Crippen LogP contribution in [0, 0.1) is 40.5 Å². The fourth-order valence-corrected chi connectivity index (χ4v) is 5.21. The van der Waals surface area contributed by atoms with Crippen LogP contribution in [0.5, 0.6) is 0 Å². The summed E-state index contributed by atoms with van der Waals surface area (Å²) in [6.07, 6.45) is 2.76. The summed E-state index contributed by atoms with van der Waals surface area (Å²) in [6, 6.07) is 4.45. The van der Waals surface area contributed by atoms with Gasteiger partial charge in [-0.1, -0.05) is 41.5 Å². The Balaban J connectivity index is 0.000000450. The first kappa shape index (κ1) is 38.6. The molecule has 0 saturated heterocycles. The first-order chi connectivity index (χ1) is 21.0. The molecule has 0 unspecified atom stereocenters. The van der Waals surface area contributed by atoms with E-state index in [2.05, 4.69) is 0 Å². The lowest BCUT2D eigenvalue weighted by Gasteiger charge is -2.23. The van der Waals surface area contributed by atoms with Crippen LogP contribution < -0.4 is 14.9 Å². The van der Waals surface area contributed by atoms with Crippen LogP contribution >= 0.6 is 0 Å². The Kier molecular flexibility index (Phi) is 14.7. The van der Waals surface area contributed by atoms with Crippen LogP contribution in [-0.4, -0.2) is 54.3 Å². The van der Waals surface area contributed by atoms with Crippen molar-refractivity contribution in [1.82, 2.24) is 0 Å². The number of anilines is 2. The molecule has 0 saturated carbocycles. The van der Waals surface area contributed by atoms with E-state index in [-0.39, 0.29) is 28.7 Å². The average Bonchev–Trinajstić information content (AvgIpc) is 2.95. The molecule has 0 fully saturated rings. The summed E-state index contributed by atoms with van der Waals surface area (Å²) in [5.74, 6) is -0.0164. The van der Waals surface area contributed by atoms with Gasteiger partial charge in [-0.2, -0.15) is 0 Å². The maximum atomic E-state index is 11.4. The summed E-state index contributed by atoms with van der Waals surface area (Å²) in [6.45, 7) is 13.1. The molecule has 2 N–H and O–H groups in total. The van der Waals surface area contributed by atoms with E-state index in [4.69, 9.17) is 5.14 Å². The molecule has 45 heavy (non-hydrogen) atoms. The third kappa shape index (κ3) is 10.3. The fraction of sp³-hybridized carbons (Fsp3) is 0.556. The molecule has 0 radical (unpaired) electrons. The molecule has 250 valence electrons. The standard InChI is InChI=1S/C15H23N3O4.C12H18N4O6S/c1-5-7-16(8-6-2)15-13(17(19)20)9-12(11(3)4)10-14(15)18(21)22;1-3-5-14(6-4-2)12-10(15(17)18)7-9(23(13,21)22)8-11(12)16(19)20/h9-11H,5-8H2,1-4H3;7-8H,3-6H2,1-2H3,(H2,13,21,22). The van der Waals surface area contributed by atoms with Crippen LogP contribution in [0.15, 0.2) is 29.2 Å². The maximum absolute atomic E-state index is 11.4. The molecule has 2 rings (SSSR count). The molecular formula is C27H41N7O10S. The lowest BCUT2D eigenvalue weighted by Crippen LogP contribution is -2.27. The molecule has 0 spiro atoms. The van der Waals surface area contributed by atoms with Gasteiger partial charge in [-0.05, 0) is 37.2 Å². The lowest BCUT2D eigenvalue weighted by molar-refractivity contribution is -0.393. The second-order valence-electron chi connectivity index (χ2n) is 10.4. The van der Waals surface area contributed by atoms with E-state index in [0.29, 0.717) is 44.6 Å². The molecule has 2 aromatic carbocycles. The highest BCUT2D eigenvalue weighted by Gasteiger charge is 2.33. The molecule has 0 aliphatic carbocycles. The van der Waals surface area contributed by atoms with Crippen LogP contribution in [0.4, 0.5) is 34.1 Å². The number of primary sulfonamides is 1. The zero-order chi connectivity index (χ0) is 34.6. The number of sulfonamides is 1. The highest BCUT2D eigenvalue weighted by atomic mass is 32.2. The number of nitrogens with two attached hydrogens (primary N) is 1. The van der Waals surface area contributed by atoms with Gasteiger partial charge in [0.2, 0.25) is 10.0 Å². The van der Waals surface area contributed by atoms with Gasteiger partial charge in [0.1, 0.15) is 0 Å². The summed E-state index contributed by atoms with van der Waals surface area (Å²) in [5.41, 5.74) is -1.12. The lowest BCUT2D eigenvalue weighted by atomic mass is 10.00. The number of benzene rings is 2. The van der Waals surface area contributed by atoms with Crippen LogP contribution in [0.2, 0.25) is 0 Å². The fourth-order valence-electron chi connectivity index (χ4n) is 4.66. The zero-order valence-electron chi connectivity index (χ0n) is 26.3. The van der Waals surface area contributed by atoms with E-state index in [1.165, 1.54) is 17.0 Å². The maximum Gasteiger partial charge on any atom is 0.301 e. The van der Waals surface area contributed by atoms with E-state index < -0.39 is 46.0 Å². The highest BCUT2D eigenvalue weighted by molar-refractivity contribution is 7.89. The normalized spacial score (nSPS) is 11.0. The molecule has 0 bridgehead atoms. The number of rotatable bonds is 16. The molecule has 18 heteroatoms. The van der Waals surface area contributed by atoms with Gasteiger partial charge in [-0.15, -0.1) is 0 Å². The van der Waals surface area contributed by atoms with Crippen molar-refractivity contribution in [2.45, 2.75) is 78.0 Å². The van der Waals surface area contributed by atoms with E-state index in [0.717, 1.165) is 25.0 Å². The van der Waals surface area contributed by atoms with Crippen LogP contribution in [0.25, 0.3) is 0 Å². The summed E-state index contributed by atoms with van der Waals surface area (Å²) < 4.78 is 22.9. The van der Waals surface area contributed by atoms with Crippen molar-refractivity contribution in [3.63, 3.8) is 0 Å². The molecule has 0 aliphatic rings. The molecular weight excluding hydrogens is 614 g/mol. The molecule has 0 atom stereocenters.